The average molecular weight is 307 g/mol. The summed E-state index contributed by atoms with van der Waals surface area (Å²) in [4.78, 5) is 12.9. The van der Waals surface area contributed by atoms with E-state index in [0.717, 1.165) is 5.56 Å². The molecular formula is C16H26GeO. The van der Waals surface area contributed by atoms with Gasteiger partial charge in [0.25, 0.3) is 0 Å². The van der Waals surface area contributed by atoms with Gasteiger partial charge in [0.2, 0.25) is 0 Å². The average Bonchev–Trinajstić information content (AvgIpc) is 2.39. The molecule has 0 unspecified atom stereocenters. The first kappa shape index (κ1) is 15.5. The summed E-state index contributed by atoms with van der Waals surface area (Å²) < 4.78 is 0.543. The Hall–Kier alpha value is -0.567. The van der Waals surface area contributed by atoms with Gasteiger partial charge in [0.15, 0.2) is 0 Å². The Balaban J connectivity index is 3.04. The Kier molecular flexibility index (Phi) is 6.69. The minimum absolute atomic E-state index is 0.543. The van der Waals surface area contributed by atoms with E-state index in [1.165, 1.54) is 35.0 Å². The van der Waals surface area contributed by atoms with Crippen molar-refractivity contribution in [3.8, 4) is 0 Å². The maximum absolute atomic E-state index is 12.9. The SMILES string of the molecule is CC[CH2][Ge]([CH2]CC)([CH2]CC)[C](=O)c1ccccc1. The van der Waals surface area contributed by atoms with Gasteiger partial charge in [-0.25, -0.2) is 0 Å². The molecule has 0 N–H and O–H groups in total. The van der Waals surface area contributed by atoms with E-state index in [1.54, 1.807) is 0 Å². The van der Waals surface area contributed by atoms with Crippen molar-refractivity contribution in [2.75, 3.05) is 0 Å². The normalized spacial score (nSPS) is 11.5. The van der Waals surface area contributed by atoms with E-state index in [0.29, 0.717) is 4.62 Å². The van der Waals surface area contributed by atoms with Crippen molar-refractivity contribution in [1.82, 2.24) is 0 Å². The molecule has 100 valence electrons. The molecule has 0 amide bonds. The molecule has 1 nitrogen and oxygen atoms in total. The molecule has 1 rings (SSSR count). The zero-order chi connectivity index (χ0) is 13.4. The van der Waals surface area contributed by atoms with Crippen LogP contribution < -0.4 is 0 Å². The summed E-state index contributed by atoms with van der Waals surface area (Å²) in [7, 11) is 0. The zero-order valence-corrected chi connectivity index (χ0v) is 14.1. The second-order valence-electron chi connectivity index (χ2n) is 5.23. The van der Waals surface area contributed by atoms with Gasteiger partial charge in [-0.3, -0.25) is 0 Å². The van der Waals surface area contributed by atoms with Crippen molar-refractivity contribution < 1.29 is 4.79 Å². The van der Waals surface area contributed by atoms with E-state index >= 15 is 0 Å². The fourth-order valence-electron chi connectivity index (χ4n) is 3.05. The third kappa shape index (κ3) is 3.71. The number of carbonyl (C=O) groups is 1. The fourth-order valence-corrected chi connectivity index (χ4v) is 13.7. The maximum atomic E-state index is 12.9. The molecule has 0 saturated carbocycles. The van der Waals surface area contributed by atoms with Crippen molar-refractivity contribution in [2.45, 2.75) is 55.8 Å². The van der Waals surface area contributed by atoms with Gasteiger partial charge in [-0.15, -0.1) is 0 Å². The Bertz CT molecular complexity index is 342. The summed E-state index contributed by atoms with van der Waals surface area (Å²) in [5.41, 5.74) is 0.966. The van der Waals surface area contributed by atoms with Crippen molar-refractivity contribution >= 4 is 17.9 Å². The molecule has 0 bridgehead atoms. The Morgan fingerprint density at radius 2 is 1.33 bits per heavy atom. The summed E-state index contributed by atoms with van der Waals surface area (Å²) in [6, 6.07) is 9.98. The van der Waals surface area contributed by atoms with Gasteiger partial charge in [-0.2, -0.15) is 0 Å². The molecule has 18 heavy (non-hydrogen) atoms. The molecule has 2 heteroatoms. The topological polar surface area (TPSA) is 17.1 Å². The van der Waals surface area contributed by atoms with Crippen LogP contribution in [0.25, 0.3) is 0 Å². The van der Waals surface area contributed by atoms with Crippen LogP contribution in [0.3, 0.4) is 0 Å². The van der Waals surface area contributed by atoms with Gasteiger partial charge < -0.3 is 0 Å². The zero-order valence-electron chi connectivity index (χ0n) is 12.0. The summed E-state index contributed by atoms with van der Waals surface area (Å²) in [5.74, 6) is 0. The summed E-state index contributed by atoms with van der Waals surface area (Å²) in [6.45, 7) is 6.68. The number of benzene rings is 1. The van der Waals surface area contributed by atoms with E-state index < -0.39 is 13.3 Å². The van der Waals surface area contributed by atoms with Gasteiger partial charge in [0.1, 0.15) is 0 Å². The Morgan fingerprint density at radius 1 is 0.889 bits per heavy atom. The Morgan fingerprint density at radius 3 is 1.72 bits per heavy atom. The predicted octanol–water partition coefficient (Wildman–Crippen LogP) is 5.09. The van der Waals surface area contributed by atoms with Crippen LogP contribution in [0.4, 0.5) is 0 Å². The third-order valence-electron chi connectivity index (χ3n) is 3.70. The van der Waals surface area contributed by atoms with Crippen LogP contribution in [0.2, 0.25) is 15.8 Å². The predicted molar refractivity (Wildman–Crippen MR) is 81.8 cm³/mol. The van der Waals surface area contributed by atoms with Crippen LogP contribution in [0, 0.1) is 0 Å². The van der Waals surface area contributed by atoms with Crippen molar-refractivity contribution in [3.05, 3.63) is 35.9 Å². The monoisotopic (exact) mass is 308 g/mol. The van der Waals surface area contributed by atoms with Gasteiger partial charge in [0.05, 0.1) is 0 Å². The molecule has 0 aromatic heterocycles. The van der Waals surface area contributed by atoms with E-state index in [4.69, 9.17) is 0 Å². The Labute approximate surface area is 114 Å². The number of hydrogen-bond donors (Lipinski definition) is 0. The molecule has 0 aliphatic heterocycles. The van der Waals surface area contributed by atoms with Crippen LogP contribution in [-0.4, -0.2) is 17.9 Å². The molecule has 0 spiro atoms. The van der Waals surface area contributed by atoms with E-state index in [-0.39, 0.29) is 0 Å². The second kappa shape index (κ2) is 7.78. The van der Waals surface area contributed by atoms with Crippen molar-refractivity contribution in [2.24, 2.45) is 0 Å². The van der Waals surface area contributed by atoms with Crippen LogP contribution in [0.15, 0.2) is 30.3 Å². The summed E-state index contributed by atoms with van der Waals surface area (Å²) in [6.07, 6.45) is 3.50. The number of rotatable bonds is 8. The molecule has 1 aromatic carbocycles. The molecule has 0 saturated heterocycles. The third-order valence-corrected chi connectivity index (χ3v) is 15.5. The van der Waals surface area contributed by atoms with Gasteiger partial charge >= 0.3 is 114 Å². The van der Waals surface area contributed by atoms with Crippen LogP contribution in [0.1, 0.15) is 50.4 Å². The fraction of sp³-hybridized carbons (Fsp3) is 0.562. The first-order valence-electron chi connectivity index (χ1n) is 7.30. The van der Waals surface area contributed by atoms with Crippen LogP contribution in [-0.2, 0) is 0 Å². The number of hydrogen-bond acceptors (Lipinski definition) is 1. The minimum atomic E-state index is -2.36. The summed E-state index contributed by atoms with van der Waals surface area (Å²) >= 11 is -2.36. The van der Waals surface area contributed by atoms with Gasteiger partial charge in [-0.05, 0) is 0 Å². The molecule has 1 aromatic rings. The van der Waals surface area contributed by atoms with Gasteiger partial charge in [-0.1, -0.05) is 0 Å². The first-order chi connectivity index (χ1) is 8.70. The van der Waals surface area contributed by atoms with Crippen LogP contribution in [0.5, 0.6) is 0 Å². The summed E-state index contributed by atoms with van der Waals surface area (Å²) in [5, 5.41) is 3.61. The van der Waals surface area contributed by atoms with E-state index in [1.807, 2.05) is 30.3 Å². The first-order valence-corrected chi connectivity index (χ1v) is 12.8. The van der Waals surface area contributed by atoms with Crippen molar-refractivity contribution in [1.29, 1.82) is 0 Å². The quantitative estimate of drug-likeness (QED) is 0.612. The second-order valence-corrected chi connectivity index (χ2v) is 14.7. The molecule has 0 aliphatic carbocycles. The van der Waals surface area contributed by atoms with E-state index in [2.05, 4.69) is 20.8 Å². The van der Waals surface area contributed by atoms with Crippen molar-refractivity contribution in [3.63, 3.8) is 0 Å². The molecule has 0 heterocycles. The molecular weight excluding hydrogens is 281 g/mol. The standard InChI is InChI=1S/C16H26GeO/c1-4-12-17(13-5-2,14-6-3)16(18)15-10-8-7-9-11-15/h7-11H,4-6,12-14H2,1-3H3. The van der Waals surface area contributed by atoms with Crippen LogP contribution >= 0.6 is 0 Å². The number of carbonyl (C=O) groups excluding carboxylic acids is 1. The molecule has 0 fully saturated rings. The molecule has 0 atom stereocenters. The molecule has 0 radical (unpaired) electrons. The van der Waals surface area contributed by atoms with Gasteiger partial charge in [0, 0.05) is 0 Å². The van der Waals surface area contributed by atoms with E-state index in [9.17, 15) is 4.79 Å². The molecule has 0 aliphatic rings.